The van der Waals surface area contributed by atoms with Crippen molar-refractivity contribution in [2.75, 3.05) is 11.6 Å². The maximum atomic E-state index is 12.3. The molecule has 1 fully saturated rings. The summed E-state index contributed by atoms with van der Waals surface area (Å²) in [6, 6.07) is 2.59. The summed E-state index contributed by atoms with van der Waals surface area (Å²) in [6.07, 6.45) is 0.743. The van der Waals surface area contributed by atoms with Crippen molar-refractivity contribution in [3.8, 4) is 5.75 Å². The maximum absolute atomic E-state index is 12.3. The van der Waals surface area contributed by atoms with Crippen LogP contribution in [0.1, 0.15) is 20.3 Å². The van der Waals surface area contributed by atoms with Gasteiger partial charge in [0.1, 0.15) is 5.75 Å². The molecule has 1 aliphatic rings. The molecule has 1 unspecified atom stereocenters. The van der Waals surface area contributed by atoms with Crippen LogP contribution in [0.25, 0.3) is 0 Å². The Morgan fingerprint density at radius 1 is 1.37 bits per heavy atom. The molecule has 104 valence electrons. The van der Waals surface area contributed by atoms with Gasteiger partial charge in [-0.1, -0.05) is 30.1 Å². The summed E-state index contributed by atoms with van der Waals surface area (Å²) in [5.74, 6) is -0.114. The van der Waals surface area contributed by atoms with Crippen molar-refractivity contribution < 1.29 is 9.90 Å². The number of anilines is 1. The molecule has 0 radical (unpaired) electrons. The average molecular weight is 304 g/mol. The number of nitrogens with zero attached hydrogens (tertiary/aromatic N) is 2. The van der Waals surface area contributed by atoms with Crippen LogP contribution >= 0.6 is 23.2 Å². The molecule has 5 nitrogen and oxygen atoms in total. The minimum atomic E-state index is -0.196. The zero-order valence-electron chi connectivity index (χ0n) is 10.7. The molecule has 2 amide bonds. The molecule has 1 heterocycles. The third-order valence-electron chi connectivity index (χ3n) is 2.94. The van der Waals surface area contributed by atoms with Gasteiger partial charge >= 0.3 is 6.03 Å². The van der Waals surface area contributed by atoms with Crippen molar-refractivity contribution in [1.29, 1.82) is 0 Å². The van der Waals surface area contributed by atoms with Gasteiger partial charge in [-0.2, -0.15) is 0 Å². The zero-order valence-corrected chi connectivity index (χ0v) is 12.2. The van der Waals surface area contributed by atoms with Crippen molar-refractivity contribution >= 4 is 34.9 Å². The summed E-state index contributed by atoms with van der Waals surface area (Å²) in [7, 11) is 0. The molecular formula is C12H15Cl2N3O2. The summed E-state index contributed by atoms with van der Waals surface area (Å²) < 4.78 is 0. The van der Waals surface area contributed by atoms with Crippen molar-refractivity contribution in [3.63, 3.8) is 0 Å². The van der Waals surface area contributed by atoms with Crippen molar-refractivity contribution in [1.82, 2.24) is 10.3 Å². The first-order valence-corrected chi connectivity index (χ1v) is 6.76. The van der Waals surface area contributed by atoms with Crippen LogP contribution in [0.15, 0.2) is 12.1 Å². The summed E-state index contributed by atoms with van der Waals surface area (Å²) in [4.78, 5) is 14.0. The fourth-order valence-electron chi connectivity index (χ4n) is 2.01. The number of rotatable bonds is 3. The van der Waals surface area contributed by atoms with Gasteiger partial charge in [0.25, 0.3) is 0 Å². The Hall–Kier alpha value is -1.17. The van der Waals surface area contributed by atoms with E-state index < -0.39 is 0 Å². The molecule has 1 aromatic rings. The average Bonchev–Trinajstić information content (AvgIpc) is 2.62. The Kier molecular flexibility index (Phi) is 4.08. The molecule has 19 heavy (non-hydrogen) atoms. The largest absolute Gasteiger partial charge is 0.506 e. The summed E-state index contributed by atoms with van der Waals surface area (Å²) in [6.45, 7) is 4.54. The number of phenolic OH excluding ortho intramolecular Hbond substituents is 1. The lowest BCUT2D eigenvalue weighted by Gasteiger charge is -2.18. The smallest absolute Gasteiger partial charge is 0.340 e. The van der Waals surface area contributed by atoms with Gasteiger partial charge in [-0.3, -0.25) is 0 Å². The number of hydrogen-bond donors (Lipinski definition) is 2. The van der Waals surface area contributed by atoms with E-state index in [0.29, 0.717) is 17.3 Å². The highest BCUT2D eigenvalue weighted by molar-refractivity contribution is 6.37. The highest BCUT2D eigenvalue weighted by atomic mass is 35.5. The van der Waals surface area contributed by atoms with Gasteiger partial charge in [0.05, 0.1) is 21.9 Å². The van der Waals surface area contributed by atoms with Crippen molar-refractivity contribution in [2.24, 2.45) is 0 Å². The number of hydrazine groups is 1. The number of urea groups is 1. The molecule has 1 aromatic carbocycles. The van der Waals surface area contributed by atoms with E-state index in [1.165, 1.54) is 17.1 Å². The third kappa shape index (κ3) is 2.59. The lowest BCUT2D eigenvalue weighted by atomic mass is 10.3. The van der Waals surface area contributed by atoms with Crippen LogP contribution in [0, 0.1) is 0 Å². The Balaban J connectivity index is 2.33. The first-order valence-electron chi connectivity index (χ1n) is 6.00. The highest BCUT2D eigenvalue weighted by Gasteiger charge is 2.35. The second-order valence-corrected chi connectivity index (χ2v) is 5.19. The maximum Gasteiger partial charge on any atom is 0.340 e. The minimum Gasteiger partial charge on any atom is -0.506 e. The van der Waals surface area contributed by atoms with E-state index in [0.717, 1.165) is 6.42 Å². The van der Waals surface area contributed by atoms with Gasteiger partial charge in [-0.25, -0.2) is 15.2 Å². The van der Waals surface area contributed by atoms with Crippen LogP contribution in [-0.4, -0.2) is 28.7 Å². The standard InChI is InChI=1S/C12H15Cl2N3O2/c1-3-4-16-7(2)15-17(12(16)19)10-6-11(18)9(14)5-8(10)13/h5-7,15,18H,3-4H2,1-2H3. The van der Waals surface area contributed by atoms with E-state index >= 15 is 0 Å². The predicted molar refractivity (Wildman–Crippen MR) is 75.6 cm³/mol. The quantitative estimate of drug-likeness (QED) is 0.901. The van der Waals surface area contributed by atoms with Crippen LogP contribution in [0.3, 0.4) is 0 Å². The number of halogens is 2. The molecule has 1 atom stereocenters. The number of amides is 2. The lowest BCUT2D eigenvalue weighted by Crippen LogP contribution is -2.36. The van der Waals surface area contributed by atoms with Gasteiger partial charge in [0, 0.05) is 12.6 Å². The number of benzene rings is 1. The van der Waals surface area contributed by atoms with Gasteiger partial charge in [0.2, 0.25) is 0 Å². The number of phenols is 1. The van der Waals surface area contributed by atoms with E-state index in [9.17, 15) is 9.90 Å². The van der Waals surface area contributed by atoms with Crippen LogP contribution in [0.4, 0.5) is 10.5 Å². The zero-order chi connectivity index (χ0) is 14.2. The van der Waals surface area contributed by atoms with E-state index in [4.69, 9.17) is 23.2 Å². The lowest BCUT2D eigenvalue weighted by molar-refractivity contribution is 0.206. The van der Waals surface area contributed by atoms with E-state index in [1.54, 1.807) is 4.90 Å². The second kappa shape index (κ2) is 5.45. The SMILES string of the molecule is CCCN1C(=O)N(c2cc(O)c(Cl)cc2Cl)NC1C. The number of carbonyl (C=O) groups is 1. The first-order chi connectivity index (χ1) is 8.95. The number of carbonyl (C=O) groups excluding carboxylic acids is 1. The topological polar surface area (TPSA) is 55.8 Å². The number of aromatic hydroxyl groups is 1. The number of hydrogen-bond acceptors (Lipinski definition) is 3. The van der Waals surface area contributed by atoms with Gasteiger partial charge < -0.3 is 10.0 Å². The Morgan fingerprint density at radius 3 is 2.68 bits per heavy atom. The van der Waals surface area contributed by atoms with Crippen molar-refractivity contribution in [3.05, 3.63) is 22.2 Å². The summed E-state index contributed by atoms with van der Waals surface area (Å²) in [5, 5.41) is 11.4. The molecule has 1 aliphatic heterocycles. The first kappa shape index (κ1) is 14.2. The molecule has 2 rings (SSSR count). The summed E-state index contributed by atoms with van der Waals surface area (Å²) >= 11 is 11.8. The second-order valence-electron chi connectivity index (χ2n) is 4.37. The molecule has 0 aromatic heterocycles. The normalized spacial score (nSPS) is 19.4. The van der Waals surface area contributed by atoms with Crippen LogP contribution in [0.5, 0.6) is 5.75 Å². The van der Waals surface area contributed by atoms with E-state index in [2.05, 4.69) is 5.43 Å². The number of nitrogens with one attached hydrogen (secondary N) is 1. The monoisotopic (exact) mass is 303 g/mol. The molecule has 0 spiro atoms. The van der Waals surface area contributed by atoms with E-state index in [-0.39, 0.29) is 23.0 Å². The predicted octanol–water partition coefficient (Wildman–Crippen LogP) is 3.20. The van der Waals surface area contributed by atoms with E-state index in [1.807, 2.05) is 13.8 Å². The molecule has 2 N–H and O–H groups in total. The third-order valence-corrected chi connectivity index (χ3v) is 3.55. The van der Waals surface area contributed by atoms with Crippen LogP contribution in [-0.2, 0) is 0 Å². The molecule has 1 saturated heterocycles. The Morgan fingerprint density at radius 2 is 2.05 bits per heavy atom. The minimum absolute atomic E-state index is 0.114. The molecule has 0 bridgehead atoms. The Labute approximate surface area is 121 Å². The van der Waals surface area contributed by atoms with Crippen molar-refractivity contribution in [2.45, 2.75) is 26.4 Å². The fraction of sp³-hybridized carbons (Fsp3) is 0.417. The fourth-order valence-corrected chi connectivity index (χ4v) is 2.47. The molecule has 0 aliphatic carbocycles. The molecule has 0 saturated carbocycles. The van der Waals surface area contributed by atoms with Gasteiger partial charge in [-0.15, -0.1) is 0 Å². The van der Waals surface area contributed by atoms with Crippen LogP contribution in [0.2, 0.25) is 10.0 Å². The Bertz CT molecular complexity index is 510. The molecular weight excluding hydrogens is 289 g/mol. The molecule has 7 heteroatoms. The van der Waals surface area contributed by atoms with Crippen LogP contribution < -0.4 is 10.4 Å². The highest BCUT2D eigenvalue weighted by Crippen LogP contribution is 2.36. The van der Waals surface area contributed by atoms with Gasteiger partial charge in [0.15, 0.2) is 0 Å². The summed E-state index contributed by atoms with van der Waals surface area (Å²) in [5.41, 5.74) is 3.40. The van der Waals surface area contributed by atoms with Gasteiger partial charge in [-0.05, 0) is 19.4 Å².